The maximum Gasteiger partial charge on any atom is 0.165 e. The largest absolute Gasteiger partial charge is 0.497 e. The molecule has 0 spiro atoms. The van der Waals surface area contributed by atoms with Crippen molar-refractivity contribution in [2.45, 2.75) is 83.4 Å². The van der Waals surface area contributed by atoms with Gasteiger partial charge in [0.2, 0.25) is 0 Å². The van der Waals surface area contributed by atoms with Gasteiger partial charge in [0.15, 0.2) is 5.78 Å². The molecule has 3 aliphatic rings. The van der Waals surface area contributed by atoms with Crippen LogP contribution >= 0.6 is 0 Å². The molecule has 0 unspecified atom stereocenters. The summed E-state index contributed by atoms with van der Waals surface area (Å²) < 4.78 is 11.7. The highest BCUT2D eigenvalue weighted by Crippen LogP contribution is 2.59. The highest BCUT2D eigenvalue weighted by molar-refractivity contribution is 5.89. The molecular formula is C27H38O6. The number of ketones is 1. The average Bonchev–Trinajstić information content (AvgIpc) is 3.04. The quantitative estimate of drug-likeness (QED) is 0.599. The number of carbonyl (C=O) groups is 1. The fourth-order valence-corrected chi connectivity index (χ4v) is 6.72. The Labute approximate surface area is 196 Å². The van der Waals surface area contributed by atoms with Crippen molar-refractivity contribution in [2.24, 2.45) is 22.7 Å². The number of aliphatic hydroxyl groups excluding tert-OH is 2. The molecule has 3 aliphatic carbocycles. The van der Waals surface area contributed by atoms with Gasteiger partial charge in [-0.15, -0.1) is 0 Å². The monoisotopic (exact) mass is 458 g/mol. The van der Waals surface area contributed by atoms with E-state index in [1.165, 1.54) is 0 Å². The highest BCUT2D eigenvalue weighted by Gasteiger charge is 2.65. The van der Waals surface area contributed by atoms with Crippen molar-refractivity contribution >= 4 is 5.78 Å². The van der Waals surface area contributed by atoms with Gasteiger partial charge in [0, 0.05) is 17.3 Å². The number of hydrogen-bond donors (Lipinski definition) is 3. The van der Waals surface area contributed by atoms with Crippen LogP contribution in [0.2, 0.25) is 0 Å². The lowest BCUT2D eigenvalue weighted by Crippen LogP contribution is -2.58. The van der Waals surface area contributed by atoms with Crippen LogP contribution in [-0.2, 0) is 16.1 Å². The first-order valence-corrected chi connectivity index (χ1v) is 12.0. The number of rotatable bonds is 4. The van der Waals surface area contributed by atoms with Crippen molar-refractivity contribution in [3.63, 3.8) is 0 Å². The lowest BCUT2D eigenvalue weighted by atomic mass is 9.58. The van der Waals surface area contributed by atoms with Gasteiger partial charge in [0.1, 0.15) is 11.4 Å². The Morgan fingerprint density at radius 1 is 1.12 bits per heavy atom. The van der Waals surface area contributed by atoms with E-state index in [1.807, 2.05) is 45.0 Å². The molecule has 2 bridgehead atoms. The van der Waals surface area contributed by atoms with Gasteiger partial charge >= 0.3 is 0 Å². The minimum atomic E-state index is -1.49. The van der Waals surface area contributed by atoms with Crippen LogP contribution in [0.3, 0.4) is 0 Å². The number of fused-ring (bicyclic) bond motifs is 3. The van der Waals surface area contributed by atoms with Crippen LogP contribution in [0.5, 0.6) is 5.75 Å². The Kier molecular flexibility index (Phi) is 6.28. The highest BCUT2D eigenvalue weighted by atomic mass is 16.5. The summed E-state index contributed by atoms with van der Waals surface area (Å²) in [5, 5.41) is 34.6. The third-order valence-corrected chi connectivity index (χ3v) is 9.31. The summed E-state index contributed by atoms with van der Waals surface area (Å²) in [6.07, 6.45) is -0.405. The van der Waals surface area contributed by atoms with E-state index in [2.05, 4.69) is 6.58 Å². The van der Waals surface area contributed by atoms with Gasteiger partial charge in [-0.25, -0.2) is 0 Å². The third kappa shape index (κ3) is 3.66. The molecule has 3 saturated carbocycles. The van der Waals surface area contributed by atoms with E-state index in [4.69, 9.17) is 9.47 Å². The Hall–Kier alpha value is -1.73. The van der Waals surface area contributed by atoms with Crippen molar-refractivity contribution in [3.8, 4) is 5.75 Å². The molecule has 4 rings (SSSR count). The molecule has 33 heavy (non-hydrogen) atoms. The zero-order valence-corrected chi connectivity index (χ0v) is 20.2. The summed E-state index contributed by atoms with van der Waals surface area (Å²) in [6.45, 7) is 10.1. The minimum Gasteiger partial charge on any atom is -0.497 e. The van der Waals surface area contributed by atoms with Crippen molar-refractivity contribution < 1.29 is 29.6 Å². The zero-order valence-electron chi connectivity index (χ0n) is 20.2. The second-order valence-corrected chi connectivity index (χ2v) is 11.1. The van der Waals surface area contributed by atoms with E-state index >= 15 is 0 Å². The molecule has 6 nitrogen and oxygen atoms in total. The first-order chi connectivity index (χ1) is 15.5. The second kappa shape index (κ2) is 8.49. The number of allylic oxidation sites excluding steroid dienone is 1. The molecule has 6 heteroatoms. The van der Waals surface area contributed by atoms with Crippen LogP contribution in [0, 0.1) is 22.7 Å². The molecular weight excluding hydrogens is 420 g/mol. The molecule has 0 saturated heterocycles. The van der Waals surface area contributed by atoms with Gasteiger partial charge in [-0.2, -0.15) is 0 Å². The maximum atomic E-state index is 13.5. The number of Topliss-reactive ketones (excluding diaryl/α,β-unsaturated/α-hetero) is 1. The third-order valence-electron chi connectivity index (χ3n) is 9.31. The fraction of sp³-hybridized carbons (Fsp3) is 0.667. The molecule has 0 aliphatic heterocycles. The Bertz CT molecular complexity index is 908. The van der Waals surface area contributed by atoms with Crippen LogP contribution in [0.4, 0.5) is 0 Å². The Morgan fingerprint density at radius 2 is 1.79 bits per heavy atom. The van der Waals surface area contributed by atoms with E-state index in [9.17, 15) is 20.1 Å². The normalized spacial score (nSPS) is 40.5. The van der Waals surface area contributed by atoms with E-state index < -0.39 is 40.7 Å². The van der Waals surface area contributed by atoms with Crippen molar-refractivity contribution in [1.82, 2.24) is 0 Å². The molecule has 3 N–H and O–H groups in total. The van der Waals surface area contributed by atoms with Crippen LogP contribution in [0.15, 0.2) is 36.4 Å². The minimum absolute atomic E-state index is 0.0707. The van der Waals surface area contributed by atoms with Crippen LogP contribution in [0.1, 0.15) is 58.4 Å². The van der Waals surface area contributed by atoms with Crippen LogP contribution in [0.25, 0.3) is 0 Å². The topological polar surface area (TPSA) is 96.2 Å². The predicted molar refractivity (Wildman–Crippen MR) is 125 cm³/mol. The van der Waals surface area contributed by atoms with E-state index in [-0.39, 0.29) is 24.7 Å². The molecule has 1 aromatic rings. The van der Waals surface area contributed by atoms with Gasteiger partial charge in [-0.3, -0.25) is 4.79 Å². The SMILES string of the molecule is C=C1CC[C@H](O)[C@]2(C)[C@@H]1CC(=O)[C@]1(O)CC[C@H]([C@@H](OCc3ccc(OC)cc3)[C@@H]2O)C1(C)C. The van der Waals surface area contributed by atoms with Gasteiger partial charge in [-0.1, -0.05) is 45.1 Å². The van der Waals surface area contributed by atoms with Crippen molar-refractivity contribution in [3.05, 3.63) is 42.0 Å². The summed E-state index contributed by atoms with van der Waals surface area (Å²) in [7, 11) is 1.62. The number of carbonyl (C=O) groups excluding carboxylic acids is 1. The molecule has 0 aromatic heterocycles. The Morgan fingerprint density at radius 3 is 2.42 bits per heavy atom. The molecule has 0 heterocycles. The van der Waals surface area contributed by atoms with Gasteiger partial charge in [0.05, 0.1) is 32.0 Å². The second-order valence-electron chi connectivity index (χ2n) is 11.1. The van der Waals surface area contributed by atoms with Crippen molar-refractivity contribution in [1.29, 1.82) is 0 Å². The van der Waals surface area contributed by atoms with Crippen molar-refractivity contribution in [2.75, 3.05) is 7.11 Å². The number of benzene rings is 1. The van der Waals surface area contributed by atoms with E-state index in [0.717, 1.165) is 16.9 Å². The lowest BCUT2D eigenvalue weighted by molar-refractivity contribution is -0.183. The number of aliphatic hydroxyl groups is 3. The van der Waals surface area contributed by atoms with Gasteiger partial charge < -0.3 is 24.8 Å². The number of hydrogen-bond acceptors (Lipinski definition) is 6. The maximum absolute atomic E-state index is 13.5. The molecule has 182 valence electrons. The van der Waals surface area contributed by atoms with Crippen LogP contribution in [-0.4, -0.2) is 52.1 Å². The number of methoxy groups -OCH3 is 1. The van der Waals surface area contributed by atoms with E-state index in [1.54, 1.807) is 7.11 Å². The zero-order chi connectivity index (χ0) is 24.2. The molecule has 3 fully saturated rings. The molecule has 0 amide bonds. The summed E-state index contributed by atoms with van der Waals surface area (Å²) in [4.78, 5) is 13.5. The van der Waals surface area contributed by atoms with Crippen LogP contribution < -0.4 is 4.74 Å². The summed E-state index contributed by atoms with van der Waals surface area (Å²) in [5.41, 5.74) is -1.49. The fourth-order valence-electron chi connectivity index (χ4n) is 6.72. The van der Waals surface area contributed by atoms with E-state index in [0.29, 0.717) is 25.7 Å². The van der Waals surface area contributed by atoms with Gasteiger partial charge in [0.25, 0.3) is 0 Å². The lowest BCUT2D eigenvalue weighted by Gasteiger charge is -2.51. The predicted octanol–water partition coefficient (Wildman–Crippen LogP) is 3.41. The molecule has 7 atom stereocenters. The summed E-state index contributed by atoms with van der Waals surface area (Å²) in [5.74, 6) is -0.141. The molecule has 1 aromatic carbocycles. The smallest absolute Gasteiger partial charge is 0.165 e. The first-order valence-electron chi connectivity index (χ1n) is 12.0. The summed E-state index contributed by atoms with van der Waals surface area (Å²) in [6, 6.07) is 7.56. The molecule has 0 radical (unpaired) electrons. The first kappa shape index (κ1) is 24.4. The summed E-state index contributed by atoms with van der Waals surface area (Å²) >= 11 is 0. The standard InChI is InChI=1S/C27H38O6/c1-16-6-11-21(28)26(4)20(16)14-22(29)27(31)13-12-19(25(27,2)3)23(24(26)30)33-15-17-7-9-18(32-5)10-8-17/h7-10,19-21,23-24,28,30-31H,1,6,11-15H2,2-5H3/t19-,20-,21+,23-,24+,26+,27-/m1/s1. The van der Waals surface area contributed by atoms with Gasteiger partial charge in [-0.05, 0) is 55.2 Å². The average molecular weight is 459 g/mol. The number of ether oxygens (including phenoxy) is 2. The Balaban J connectivity index is 1.75.